The highest BCUT2D eigenvalue weighted by molar-refractivity contribution is 5.78. The van der Waals surface area contributed by atoms with Crippen molar-refractivity contribution in [1.82, 2.24) is 9.55 Å². The lowest BCUT2D eigenvalue weighted by Crippen LogP contribution is -2.21. The molecule has 1 aromatic heterocycles. The molecule has 0 aliphatic rings. The van der Waals surface area contributed by atoms with Crippen LogP contribution in [0.25, 0.3) is 11.0 Å². The maximum atomic E-state index is 8.99. The Kier molecular flexibility index (Phi) is 3.64. The Morgan fingerprint density at radius 1 is 1.41 bits per heavy atom. The van der Waals surface area contributed by atoms with Gasteiger partial charge in [0.15, 0.2) is 0 Å². The summed E-state index contributed by atoms with van der Waals surface area (Å²) in [5.41, 5.74) is 2.12. The van der Waals surface area contributed by atoms with E-state index in [1.807, 2.05) is 25.2 Å². The molecule has 2 aromatic rings. The van der Waals surface area contributed by atoms with Crippen molar-refractivity contribution in [2.45, 2.75) is 25.8 Å². The number of nitrogens with one attached hydrogen (secondary N) is 1. The molecule has 92 valence electrons. The number of para-hydroxylation sites is 2. The van der Waals surface area contributed by atoms with Crippen LogP contribution in [-0.2, 0) is 7.05 Å². The van der Waals surface area contributed by atoms with Crippen molar-refractivity contribution in [3.63, 3.8) is 0 Å². The molecule has 0 radical (unpaired) electrons. The molecule has 1 heterocycles. The summed E-state index contributed by atoms with van der Waals surface area (Å²) in [6.45, 7) is 2.31. The van der Waals surface area contributed by atoms with Crippen LogP contribution in [0.4, 0.5) is 5.95 Å². The number of anilines is 1. The first kappa shape index (κ1) is 11.9. The van der Waals surface area contributed by atoms with Gasteiger partial charge in [0.25, 0.3) is 0 Å². The zero-order chi connectivity index (χ0) is 12.3. The van der Waals surface area contributed by atoms with Gasteiger partial charge >= 0.3 is 0 Å². The number of rotatable bonds is 5. The molecule has 0 amide bonds. The number of aliphatic hydroxyl groups is 1. The summed E-state index contributed by atoms with van der Waals surface area (Å²) in [7, 11) is 2.00. The fourth-order valence-electron chi connectivity index (χ4n) is 1.99. The average Bonchev–Trinajstić information content (AvgIpc) is 2.66. The topological polar surface area (TPSA) is 50.1 Å². The summed E-state index contributed by atoms with van der Waals surface area (Å²) in [4.78, 5) is 4.55. The zero-order valence-corrected chi connectivity index (χ0v) is 10.3. The van der Waals surface area contributed by atoms with Crippen molar-refractivity contribution in [1.29, 1.82) is 0 Å². The van der Waals surface area contributed by atoms with Crippen molar-refractivity contribution in [2.24, 2.45) is 7.05 Å². The van der Waals surface area contributed by atoms with Gasteiger partial charge in [-0.25, -0.2) is 4.98 Å². The number of hydrogen-bond acceptors (Lipinski definition) is 3. The fourth-order valence-corrected chi connectivity index (χ4v) is 1.99. The molecular weight excluding hydrogens is 214 g/mol. The van der Waals surface area contributed by atoms with Gasteiger partial charge < -0.3 is 15.0 Å². The Morgan fingerprint density at radius 3 is 2.82 bits per heavy atom. The van der Waals surface area contributed by atoms with E-state index in [2.05, 4.69) is 27.9 Å². The molecule has 2 N–H and O–H groups in total. The Morgan fingerprint density at radius 2 is 2.18 bits per heavy atom. The van der Waals surface area contributed by atoms with Crippen LogP contribution in [0.15, 0.2) is 24.3 Å². The van der Waals surface area contributed by atoms with Crippen LogP contribution in [0, 0.1) is 0 Å². The molecule has 4 heteroatoms. The summed E-state index contributed by atoms with van der Waals surface area (Å²) in [5, 5.41) is 12.4. The highest BCUT2D eigenvalue weighted by atomic mass is 16.3. The SMILES string of the molecule is CCC(CCO)Nc1nc2ccccc2n1C. The van der Waals surface area contributed by atoms with Crippen LogP contribution in [0.3, 0.4) is 0 Å². The van der Waals surface area contributed by atoms with Crippen LogP contribution in [0.5, 0.6) is 0 Å². The van der Waals surface area contributed by atoms with E-state index in [-0.39, 0.29) is 12.6 Å². The summed E-state index contributed by atoms with van der Waals surface area (Å²) >= 11 is 0. The monoisotopic (exact) mass is 233 g/mol. The number of nitrogens with zero attached hydrogens (tertiary/aromatic N) is 2. The number of aromatic nitrogens is 2. The largest absolute Gasteiger partial charge is 0.396 e. The van der Waals surface area contributed by atoms with Crippen molar-refractivity contribution in [2.75, 3.05) is 11.9 Å². The minimum atomic E-state index is 0.204. The van der Waals surface area contributed by atoms with E-state index in [9.17, 15) is 0 Å². The van der Waals surface area contributed by atoms with Gasteiger partial charge in [-0.1, -0.05) is 19.1 Å². The number of benzene rings is 1. The molecule has 17 heavy (non-hydrogen) atoms. The minimum absolute atomic E-state index is 0.204. The van der Waals surface area contributed by atoms with Crippen LogP contribution in [-0.4, -0.2) is 27.3 Å². The Labute approximate surface area is 101 Å². The van der Waals surface area contributed by atoms with Gasteiger partial charge in [0.1, 0.15) is 0 Å². The molecule has 0 fully saturated rings. The lowest BCUT2D eigenvalue weighted by molar-refractivity contribution is 0.278. The van der Waals surface area contributed by atoms with E-state index >= 15 is 0 Å². The first-order chi connectivity index (χ1) is 8.26. The number of aryl methyl sites for hydroxylation is 1. The maximum Gasteiger partial charge on any atom is 0.203 e. The quantitative estimate of drug-likeness (QED) is 0.832. The fraction of sp³-hybridized carbons (Fsp3) is 0.462. The number of hydrogen-bond donors (Lipinski definition) is 2. The number of imidazole rings is 1. The molecular formula is C13H19N3O. The highest BCUT2D eigenvalue weighted by Crippen LogP contribution is 2.19. The van der Waals surface area contributed by atoms with Gasteiger partial charge in [0.05, 0.1) is 11.0 Å². The molecule has 0 bridgehead atoms. The summed E-state index contributed by atoms with van der Waals surface area (Å²) in [5.74, 6) is 0.867. The van der Waals surface area contributed by atoms with Gasteiger partial charge in [0, 0.05) is 19.7 Å². The molecule has 2 rings (SSSR count). The summed E-state index contributed by atoms with van der Waals surface area (Å²) in [6.07, 6.45) is 1.73. The molecule has 4 nitrogen and oxygen atoms in total. The minimum Gasteiger partial charge on any atom is -0.396 e. The van der Waals surface area contributed by atoms with Gasteiger partial charge in [-0.2, -0.15) is 0 Å². The predicted molar refractivity (Wildman–Crippen MR) is 70.1 cm³/mol. The second kappa shape index (κ2) is 5.19. The third kappa shape index (κ3) is 2.42. The van der Waals surface area contributed by atoms with Crippen LogP contribution in [0.2, 0.25) is 0 Å². The van der Waals surface area contributed by atoms with Crippen LogP contribution < -0.4 is 5.32 Å². The standard InChI is InChI=1S/C13H19N3O/c1-3-10(8-9-17)14-13-15-11-6-4-5-7-12(11)16(13)2/h4-7,10,17H,3,8-9H2,1-2H3,(H,14,15). The molecule has 0 saturated carbocycles. The zero-order valence-electron chi connectivity index (χ0n) is 10.3. The van der Waals surface area contributed by atoms with Crippen molar-refractivity contribution in [3.05, 3.63) is 24.3 Å². The van der Waals surface area contributed by atoms with Crippen molar-refractivity contribution in [3.8, 4) is 0 Å². The van der Waals surface area contributed by atoms with E-state index in [0.717, 1.165) is 29.8 Å². The normalized spacial score (nSPS) is 12.9. The average molecular weight is 233 g/mol. The number of aliphatic hydroxyl groups excluding tert-OH is 1. The van der Waals surface area contributed by atoms with E-state index in [1.54, 1.807) is 0 Å². The highest BCUT2D eigenvalue weighted by Gasteiger charge is 2.11. The first-order valence-corrected chi connectivity index (χ1v) is 6.05. The smallest absolute Gasteiger partial charge is 0.203 e. The number of fused-ring (bicyclic) bond motifs is 1. The van der Waals surface area contributed by atoms with Crippen LogP contribution >= 0.6 is 0 Å². The lowest BCUT2D eigenvalue weighted by Gasteiger charge is -2.16. The Hall–Kier alpha value is -1.55. The van der Waals surface area contributed by atoms with Gasteiger partial charge in [-0.05, 0) is 25.0 Å². The van der Waals surface area contributed by atoms with E-state index in [4.69, 9.17) is 5.11 Å². The van der Waals surface area contributed by atoms with Crippen LogP contribution in [0.1, 0.15) is 19.8 Å². The lowest BCUT2D eigenvalue weighted by atomic mass is 10.2. The van der Waals surface area contributed by atoms with Crippen molar-refractivity contribution < 1.29 is 5.11 Å². The van der Waals surface area contributed by atoms with Gasteiger partial charge in [-0.3, -0.25) is 0 Å². The molecule has 0 spiro atoms. The van der Waals surface area contributed by atoms with Gasteiger partial charge in [0.2, 0.25) is 5.95 Å². The second-order valence-electron chi connectivity index (χ2n) is 4.24. The maximum absolute atomic E-state index is 8.99. The predicted octanol–water partition coefficient (Wildman–Crippen LogP) is 2.15. The summed E-state index contributed by atoms with van der Waals surface area (Å²) in [6, 6.07) is 8.34. The molecule has 0 saturated heterocycles. The van der Waals surface area contributed by atoms with E-state index < -0.39 is 0 Å². The molecule has 0 aliphatic carbocycles. The third-order valence-electron chi connectivity index (χ3n) is 3.09. The molecule has 1 atom stereocenters. The molecule has 1 aromatic carbocycles. The molecule has 0 aliphatic heterocycles. The second-order valence-corrected chi connectivity index (χ2v) is 4.24. The van der Waals surface area contributed by atoms with Crippen molar-refractivity contribution >= 4 is 17.0 Å². The Balaban J connectivity index is 2.26. The van der Waals surface area contributed by atoms with E-state index in [0.29, 0.717) is 0 Å². The third-order valence-corrected chi connectivity index (χ3v) is 3.09. The molecule has 1 unspecified atom stereocenters. The first-order valence-electron chi connectivity index (χ1n) is 6.05. The van der Waals surface area contributed by atoms with E-state index in [1.165, 1.54) is 0 Å². The summed E-state index contributed by atoms with van der Waals surface area (Å²) < 4.78 is 2.05. The Bertz CT molecular complexity index is 492. The van der Waals surface area contributed by atoms with Gasteiger partial charge in [-0.15, -0.1) is 0 Å².